The van der Waals surface area contributed by atoms with Gasteiger partial charge in [-0.25, -0.2) is 0 Å². The van der Waals surface area contributed by atoms with Gasteiger partial charge in [0, 0.05) is 18.5 Å². The molecule has 0 bridgehead atoms. The Labute approximate surface area is 107 Å². The van der Waals surface area contributed by atoms with E-state index < -0.39 is 0 Å². The molecule has 1 aromatic heterocycles. The summed E-state index contributed by atoms with van der Waals surface area (Å²) >= 11 is 0. The predicted octanol–water partition coefficient (Wildman–Crippen LogP) is 1.44. The number of hydrogen-bond acceptors (Lipinski definition) is 5. The lowest BCUT2D eigenvalue weighted by Crippen LogP contribution is -2.23. The van der Waals surface area contributed by atoms with E-state index in [0.717, 1.165) is 19.3 Å². The average molecular weight is 254 g/mol. The molecule has 1 aromatic rings. The van der Waals surface area contributed by atoms with Crippen LogP contribution in [0.25, 0.3) is 0 Å². The standard InChI is InChI=1S/C12H22N4O2/c1-4-14-11(17)10-15-12(18-16-10)8(2)6-5-7-9(3)13/h8-9H,4-7,13H2,1-3H3,(H,14,17). The molecular formula is C12H22N4O2. The zero-order valence-corrected chi connectivity index (χ0v) is 11.3. The summed E-state index contributed by atoms with van der Waals surface area (Å²) in [5, 5.41) is 6.31. The highest BCUT2D eigenvalue weighted by Crippen LogP contribution is 2.19. The van der Waals surface area contributed by atoms with Gasteiger partial charge in [-0.15, -0.1) is 0 Å². The van der Waals surface area contributed by atoms with Crippen molar-refractivity contribution in [1.82, 2.24) is 15.5 Å². The van der Waals surface area contributed by atoms with Gasteiger partial charge >= 0.3 is 0 Å². The second-order valence-corrected chi connectivity index (χ2v) is 4.62. The van der Waals surface area contributed by atoms with Crippen molar-refractivity contribution in [2.24, 2.45) is 5.73 Å². The Morgan fingerprint density at radius 1 is 1.44 bits per heavy atom. The molecule has 18 heavy (non-hydrogen) atoms. The maximum Gasteiger partial charge on any atom is 0.292 e. The monoisotopic (exact) mass is 254 g/mol. The van der Waals surface area contributed by atoms with Crippen LogP contribution >= 0.6 is 0 Å². The summed E-state index contributed by atoms with van der Waals surface area (Å²) in [6.45, 7) is 6.39. The average Bonchev–Trinajstić information content (AvgIpc) is 2.78. The minimum Gasteiger partial charge on any atom is -0.349 e. The second kappa shape index (κ2) is 7.10. The molecule has 0 saturated carbocycles. The van der Waals surface area contributed by atoms with E-state index in [2.05, 4.69) is 15.5 Å². The Balaban J connectivity index is 2.48. The number of nitrogens with two attached hydrogens (primary N) is 1. The summed E-state index contributed by atoms with van der Waals surface area (Å²) in [4.78, 5) is 15.6. The van der Waals surface area contributed by atoms with Crippen LogP contribution in [0.15, 0.2) is 4.52 Å². The van der Waals surface area contributed by atoms with Gasteiger partial charge in [0.15, 0.2) is 0 Å². The highest BCUT2D eigenvalue weighted by Gasteiger charge is 2.17. The third-order valence-electron chi connectivity index (χ3n) is 2.70. The lowest BCUT2D eigenvalue weighted by Gasteiger charge is -2.07. The number of nitrogens with one attached hydrogen (secondary N) is 1. The molecule has 6 heteroatoms. The third-order valence-corrected chi connectivity index (χ3v) is 2.70. The lowest BCUT2D eigenvalue weighted by molar-refractivity contribution is 0.0942. The topological polar surface area (TPSA) is 94.0 Å². The summed E-state index contributed by atoms with van der Waals surface area (Å²) in [5.41, 5.74) is 5.69. The number of aromatic nitrogens is 2. The van der Waals surface area contributed by atoms with E-state index in [1.54, 1.807) is 0 Å². The molecule has 0 aliphatic heterocycles. The molecule has 0 radical (unpaired) electrons. The molecule has 0 spiro atoms. The predicted molar refractivity (Wildman–Crippen MR) is 68.2 cm³/mol. The maximum atomic E-state index is 11.5. The van der Waals surface area contributed by atoms with Gasteiger partial charge in [-0.05, 0) is 26.7 Å². The first-order valence-corrected chi connectivity index (χ1v) is 6.42. The Morgan fingerprint density at radius 3 is 2.78 bits per heavy atom. The minimum atomic E-state index is -0.296. The number of hydrogen-bond donors (Lipinski definition) is 2. The molecule has 0 aliphatic carbocycles. The van der Waals surface area contributed by atoms with Crippen molar-refractivity contribution in [2.45, 2.75) is 52.0 Å². The first-order chi connectivity index (χ1) is 8.54. The fourth-order valence-corrected chi connectivity index (χ4v) is 1.64. The van der Waals surface area contributed by atoms with Gasteiger partial charge in [0.05, 0.1) is 0 Å². The number of carbonyl (C=O) groups is 1. The Morgan fingerprint density at radius 2 is 2.17 bits per heavy atom. The molecule has 0 fully saturated rings. The van der Waals surface area contributed by atoms with Gasteiger partial charge in [0.2, 0.25) is 5.89 Å². The Kier molecular flexibility index (Phi) is 5.77. The fourth-order valence-electron chi connectivity index (χ4n) is 1.64. The van der Waals surface area contributed by atoms with Crippen LogP contribution < -0.4 is 11.1 Å². The van der Waals surface area contributed by atoms with Crippen LogP contribution in [0.3, 0.4) is 0 Å². The van der Waals surface area contributed by atoms with Crippen LogP contribution in [0.1, 0.15) is 62.5 Å². The molecule has 0 saturated heterocycles. The largest absolute Gasteiger partial charge is 0.349 e. The van der Waals surface area contributed by atoms with Gasteiger partial charge in [0.1, 0.15) is 0 Å². The van der Waals surface area contributed by atoms with Crippen LogP contribution in [-0.2, 0) is 0 Å². The van der Waals surface area contributed by atoms with Crippen molar-refractivity contribution in [1.29, 1.82) is 0 Å². The molecule has 2 unspecified atom stereocenters. The molecule has 1 amide bonds. The molecule has 3 N–H and O–H groups in total. The molecule has 1 rings (SSSR count). The smallest absolute Gasteiger partial charge is 0.292 e. The summed E-state index contributed by atoms with van der Waals surface area (Å²) in [7, 11) is 0. The van der Waals surface area contributed by atoms with E-state index >= 15 is 0 Å². The molecule has 0 aliphatic rings. The van der Waals surface area contributed by atoms with Gasteiger partial charge < -0.3 is 15.6 Å². The summed E-state index contributed by atoms with van der Waals surface area (Å²) in [6.07, 6.45) is 2.91. The zero-order valence-electron chi connectivity index (χ0n) is 11.3. The maximum absolute atomic E-state index is 11.5. The highest BCUT2D eigenvalue weighted by molar-refractivity contribution is 5.90. The summed E-state index contributed by atoms with van der Waals surface area (Å²) in [6, 6.07) is 0.214. The molecular weight excluding hydrogens is 232 g/mol. The van der Waals surface area contributed by atoms with Gasteiger partial charge in [-0.3, -0.25) is 4.79 Å². The quantitative estimate of drug-likeness (QED) is 0.767. The van der Waals surface area contributed by atoms with Crippen LogP contribution in [0.2, 0.25) is 0 Å². The summed E-state index contributed by atoms with van der Waals surface area (Å²) < 4.78 is 5.10. The van der Waals surface area contributed by atoms with Gasteiger partial charge in [0.25, 0.3) is 11.7 Å². The molecule has 102 valence electrons. The molecule has 0 aromatic carbocycles. The lowest BCUT2D eigenvalue weighted by atomic mass is 10.0. The molecule has 1 heterocycles. The normalized spacial score (nSPS) is 14.2. The highest BCUT2D eigenvalue weighted by atomic mass is 16.5. The molecule has 2 atom stereocenters. The summed E-state index contributed by atoms with van der Waals surface area (Å²) in [5.74, 6) is 0.474. The van der Waals surface area contributed by atoms with Crippen LogP contribution in [0.5, 0.6) is 0 Å². The SMILES string of the molecule is CCNC(=O)c1noc(C(C)CCCC(C)N)n1. The molecule has 6 nitrogen and oxygen atoms in total. The number of nitrogens with zero attached hydrogens (tertiary/aromatic N) is 2. The Hall–Kier alpha value is -1.43. The van der Waals surface area contributed by atoms with E-state index in [-0.39, 0.29) is 23.7 Å². The third kappa shape index (κ3) is 4.44. The first-order valence-electron chi connectivity index (χ1n) is 6.42. The van der Waals surface area contributed by atoms with Gasteiger partial charge in [-0.2, -0.15) is 4.98 Å². The van der Waals surface area contributed by atoms with Crippen LogP contribution in [-0.4, -0.2) is 28.6 Å². The zero-order chi connectivity index (χ0) is 13.5. The van der Waals surface area contributed by atoms with Crippen molar-refractivity contribution in [3.05, 3.63) is 11.7 Å². The van der Waals surface area contributed by atoms with Crippen molar-refractivity contribution in [3.63, 3.8) is 0 Å². The van der Waals surface area contributed by atoms with Gasteiger partial charge in [-0.1, -0.05) is 18.5 Å². The van der Waals surface area contributed by atoms with Crippen molar-refractivity contribution >= 4 is 5.91 Å². The van der Waals surface area contributed by atoms with Crippen molar-refractivity contribution in [3.8, 4) is 0 Å². The number of carbonyl (C=O) groups excluding carboxylic acids is 1. The minimum absolute atomic E-state index is 0.103. The van der Waals surface area contributed by atoms with E-state index in [4.69, 9.17) is 10.3 Å². The second-order valence-electron chi connectivity index (χ2n) is 4.62. The van der Waals surface area contributed by atoms with Crippen LogP contribution in [0.4, 0.5) is 0 Å². The van der Waals surface area contributed by atoms with E-state index in [1.807, 2.05) is 20.8 Å². The van der Waals surface area contributed by atoms with Crippen molar-refractivity contribution < 1.29 is 9.32 Å². The van der Waals surface area contributed by atoms with E-state index in [1.165, 1.54) is 0 Å². The number of amides is 1. The van der Waals surface area contributed by atoms with Crippen molar-refractivity contribution in [2.75, 3.05) is 6.54 Å². The fraction of sp³-hybridized carbons (Fsp3) is 0.750. The van der Waals surface area contributed by atoms with Crippen LogP contribution in [0, 0.1) is 0 Å². The Bertz CT molecular complexity index is 376. The number of rotatable bonds is 7. The first kappa shape index (κ1) is 14.6. The van der Waals surface area contributed by atoms with E-state index in [9.17, 15) is 4.79 Å². The van der Waals surface area contributed by atoms with E-state index in [0.29, 0.717) is 12.4 Å².